The molecule has 2 aromatic rings. The number of anilines is 1. The fourth-order valence-electron chi connectivity index (χ4n) is 2.43. The molecular weight excluding hydrogens is 262 g/mol. The Morgan fingerprint density at radius 1 is 1.47 bits per heavy atom. The van der Waals surface area contributed by atoms with Crippen molar-refractivity contribution < 1.29 is 4.79 Å². The third kappa shape index (κ3) is 2.12. The van der Waals surface area contributed by atoms with Gasteiger partial charge < -0.3 is 9.47 Å². The zero-order valence-corrected chi connectivity index (χ0v) is 11.3. The molecule has 0 saturated carbocycles. The molecule has 0 N–H and O–H groups in total. The number of carbonyl (C=O) groups excluding carboxylic acids is 1. The van der Waals surface area contributed by atoms with Gasteiger partial charge in [0.05, 0.1) is 6.33 Å². The van der Waals surface area contributed by atoms with Gasteiger partial charge in [0, 0.05) is 29.6 Å². The highest BCUT2D eigenvalue weighted by atomic mass is 35.5. The largest absolute Gasteiger partial charge is 0.325 e. The van der Waals surface area contributed by atoms with Crippen LogP contribution in [-0.4, -0.2) is 22.0 Å². The van der Waals surface area contributed by atoms with Crippen LogP contribution >= 0.6 is 11.6 Å². The summed E-state index contributed by atoms with van der Waals surface area (Å²) in [6.45, 7) is 2.60. The van der Waals surface area contributed by atoms with Crippen LogP contribution in [0.4, 0.5) is 5.69 Å². The van der Waals surface area contributed by atoms with Gasteiger partial charge in [0.25, 0.3) is 0 Å². The number of hydrogen-bond acceptors (Lipinski definition) is 2. The van der Waals surface area contributed by atoms with E-state index >= 15 is 0 Å². The topological polar surface area (TPSA) is 38.1 Å². The van der Waals surface area contributed by atoms with Crippen molar-refractivity contribution in [1.82, 2.24) is 9.55 Å². The lowest BCUT2D eigenvalue weighted by Crippen LogP contribution is -2.34. The highest BCUT2D eigenvalue weighted by molar-refractivity contribution is 6.31. The molecule has 1 amide bonds. The summed E-state index contributed by atoms with van der Waals surface area (Å²) in [5, 5.41) is 0.661. The maximum atomic E-state index is 12.6. The molecule has 0 bridgehead atoms. The number of nitrogens with zero attached hydrogens (tertiary/aromatic N) is 3. The van der Waals surface area contributed by atoms with Gasteiger partial charge in [0.1, 0.15) is 6.04 Å². The van der Waals surface area contributed by atoms with Crippen LogP contribution in [0.1, 0.15) is 18.5 Å². The van der Waals surface area contributed by atoms with E-state index in [4.69, 9.17) is 11.6 Å². The number of imidazole rings is 1. The highest BCUT2D eigenvalue weighted by Crippen LogP contribution is 2.32. The van der Waals surface area contributed by atoms with Crippen LogP contribution < -0.4 is 4.90 Å². The molecule has 1 atom stereocenters. The van der Waals surface area contributed by atoms with Gasteiger partial charge in [0.2, 0.25) is 5.91 Å². The van der Waals surface area contributed by atoms with E-state index in [2.05, 4.69) is 4.98 Å². The Labute approximate surface area is 116 Å². The average molecular weight is 276 g/mol. The summed E-state index contributed by atoms with van der Waals surface area (Å²) in [7, 11) is 0. The first-order chi connectivity index (χ1) is 9.16. The van der Waals surface area contributed by atoms with Crippen molar-refractivity contribution in [2.24, 2.45) is 0 Å². The molecule has 1 aliphatic rings. The van der Waals surface area contributed by atoms with E-state index in [1.807, 2.05) is 34.6 Å². The summed E-state index contributed by atoms with van der Waals surface area (Å²) in [5.74, 6) is 0.0685. The molecule has 1 aromatic carbocycles. The standard InChI is InChI=1S/C14H14ClN3O/c1-10(17-7-5-16-9-17)14(19)18-6-4-11-2-3-12(15)8-13(11)18/h2-3,5,7-10H,4,6H2,1H3/t10-/m0/s1. The molecule has 1 aliphatic heterocycles. The van der Waals surface area contributed by atoms with Crippen LogP contribution in [0.25, 0.3) is 0 Å². The summed E-state index contributed by atoms with van der Waals surface area (Å²) in [6, 6.07) is 5.47. The van der Waals surface area contributed by atoms with Crippen LogP contribution in [0.3, 0.4) is 0 Å². The number of amides is 1. The summed E-state index contributed by atoms with van der Waals surface area (Å²) in [4.78, 5) is 18.3. The number of carbonyl (C=O) groups is 1. The molecule has 0 saturated heterocycles. The third-order valence-corrected chi connectivity index (χ3v) is 3.77. The lowest BCUT2D eigenvalue weighted by Gasteiger charge is -2.22. The van der Waals surface area contributed by atoms with Gasteiger partial charge in [-0.25, -0.2) is 4.98 Å². The number of rotatable bonds is 2. The van der Waals surface area contributed by atoms with Gasteiger partial charge in [-0.2, -0.15) is 0 Å². The Morgan fingerprint density at radius 3 is 3.05 bits per heavy atom. The minimum Gasteiger partial charge on any atom is -0.325 e. The molecule has 5 heteroatoms. The Kier molecular flexibility index (Phi) is 3.03. The minimum absolute atomic E-state index is 0.0685. The maximum absolute atomic E-state index is 12.6. The van der Waals surface area contributed by atoms with E-state index in [9.17, 15) is 4.79 Å². The predicted molar refractivity (Wildman–Crippen MR) is 74.4 cm³/mol. The summed E-state index contributed by atoms with van der Waals surface area (Å²) < 4.78 is 1.81. The van der Waals surface area contributed by atoms with Crippen molar-refractivity contribution in [3.63, 3.8) is 0 Å². The van der Waals surface area contributed by atoms with Crippen molar-refractivity contribution in [3.8, 4) is 0 Å². The van der Waals surface area contributed by atoms with E-state index in [1.54, 1.807) is 18.7 Å². The second-order valence-corrected chi connectivity index (χ2v) is 5.14. The molecule has 0 spiro atoms. The molecule has 1 aromatic heterocycles. The molecule has 0 unspecified atom stereocenters. The normalized spacial score (nSPS) is 15.4. The van der Waals surface area contributed by atoms with Crippen molar-refractivity contribution in [1.29, 1.82) is 0 Å². The van der Waals surface area contributed by atoms with Crippen LogP contribution in [-0.2, 0) is 11.2 Å². The van der Waals surface area contributed by atoms with E-state index in [0.717, 1.165) is 12.1 Å². The van der Waals surface area contributed by atoms with Crippen molar-refractivity contribution in [3.05, 3.63) is 47.5 Å². The quantitative estimate of drug-likeness (QED) is 0.845. The zero-order chi connectivity index (χ0) is 13.4. The maximum Gasteiger partial charge on any atom is 0.249 e. The van der Waals surface area contributed by atoms with Gasteiger partial charge >= 0.3 is 0 Å². The zero-order valence-electron chi connectivity index (χ0n) is 10.6. The lowest BCUT2D eigenvalue weighted by molar-refractivity contribution is -0.121. The van der Waals surface area contributed by atoms with Crippen molar-refractivity contribution >= 4 is 23.2 Å². The van der Waals surface area contributed by atoms with Gasteiger partial charge in [-0.15, -0.1) is 0 Å². The van der Waals surface area contributed by atoms with Gasteiger partial charge in [0.15, 0.2) is 0 Å². The number of hydrogen-bond donors (Lipinski definition) is 0. The Bertz CT molecular complexity index is 609. The Hall–Kier alpha value is -1.81. The summed E-state index contributed by atoms with van der Waals surface area (Å²) in [5.41, 5.74) is 2.11. The van der Waals surface area contributed by atoms with Crippen molar-refractivity contribution in [2.45, 2.75) is 19.4 Å². The second kappa shape index (κ2) is 4.70. The SMILES string of the molecule is C[C@@H](C(=O)N1CCc2ccc(Cl)cc21)n1ccnc1. The van der Waals surface area contributed by atoms with Crippen LogP contribution in [0.2, 0.25) is 5.02 Å². The van der Waals surface area contributed by atoms with Crippen molar-refractivity contribution in [2.75, 3.05) is 11.4 Å². The first-order valence-electron chi connectivity index (χ1n) is 6.24. The van der Waals surface area contributed by atoms with E-state index in [1.165, 1.54) is 5.56 Å². The molecule has 0 radical (unpaired) electrons. The fraction of sp³-hybridized carbons (Fsp3) is 0.286. The van der Waals surface area contributed by atoms with Gasteiger partial charge in [-0.3, -0.25) is 4.79 Å². The molecular formula is C14H14ClN3O. The molecule has 98 valence electrons. The number of fused-ring (bicyclic) bond motifs is 1. The van der Waals surface area contributed by atoms with Crippen LogP contribution in [0.15, 0.2) is 36.9 Å². The first kappa shape index (κ1) is 12.2. The van der Waals surface area contributed by atoms with Gasteiger partial charge in [-0.1, -0.05) is 17.7 Å². The van der Waals surface area contributed by atoms with E-state index < -0.39 is 0 Å². The fourth-order valence-corrected chi connectivity index (χ4v) is 2.60. The average Bonchev–Trinajstić information content (AvgIpc) is 3.05. The predicted octanol–water partition coefficient (Wildman–Crippen LogP) is 2.69. The monoisotopic (exact) mass is 275 g/mol. The van der Waals surface area contributed by atoms with Crippen LogP contribution in [0.5, 0.6) is 0 Å². The molecule has 4 nitrogen and oxygen atoms in total. The smallest absolute Gasteiger partial charge is 0.249 e. The summed E-state index contributed by atoms with van der Waals surface area (Å²) in [6.07, 6.45) is 6.03. The summed E-state index contributed by atoms with van der Waals surface area (Å²) >= 11 is 6.02. The Balaban J connectivity index is 1.89. The number of benzene rings is 1. The molecule has 19 heavy (non-hydrogen) atoms. The van der Waals surface area contributed by atoms with E-state index in [-0.39, 0.29) is 11.9 Å². The van der Waals surface area contributed by atoms with Gasteiger partial charge in [-0.05, 0) is 31.0 Å². The lowest BCUT2D eigenvalue weighted by atomic mass is 10.2. The molecule has 0 fully saturated rings. The van der Waals surface area contributed by atoms with E-state index in [0.29, 0.717) is 11.6 Å². The Morgan fingerprint density at radius 2 is 2.32 bits per heavy atom. The minimum atomic E-state index is -0.257. The highest BCUT2D eigenvalue weighted by Gasteiger charge is 2.28. The van der Waals surface area contributed by atoms with Crippen LogP contribution in [0, 0.1) is 0 Å². The second-order valence-electron chi connectivity index (χ2n) is 4.70. The molecule has 0 aliphatic carbocycles. The first-order valence-corrected chi connectivity index (χ1v) is 6.62. The molecule has 3 rings (SSSR count). The molecule has 2 heterocycles. The number of aromatic nitrogens is 2. The number of halogens is 1. The third-order valence-electron chi connectivity index (χ3n) is 3.54.